The normalized spacial score (nSPS) is 13.5. The van der Waals surface area contributed by atoms with Gasteiger partial charge in [0.2, 0.25) is 0 Å². The van der Waals surface area contributed by atoms with Crippen LogP contribution in [0.3, 0.4) is 0 Å². The fourth-order valence-electron chi connectivity index (χ4n) is 0.434. The first-order valence-corrected chi connectivity index (χ1v) is 3.71. The van der Waals surface area contributed by atoms with E-state index in [1.165, 1.54) is 6.20 Å². The number of hydrogen-bond acceptors (Lipinski definition) is 3. The summed E-state index contributed by atoms with van der Waals surface area (Å²) in [6.07, 6.45) is 6.69. The van der Waals surface area contributed by atoms with Crippen molar-refractivity contribution >= 4 is 6.21 Å². The molecule has 0 fully saturated rings. The van der Waals surface area contributed by atoms with E-state index in [0.717, 1.165) is 5.57 Å². The van der Waals surface area contributed by atoms with Gasteiger partial charge >= 0.3 is 0 Å². The number of allylic oxidation sites excluding steroid dienone is 3. The number of hydrazone groups is 1. The molecule has 3 heteroatoms. The minimum atomic E-state index is 0.690. The molecule has 0 radical (unpaired) electrons. The lowest BCUT2D eigenvalue weighted by Crippen LogP contribution is -2.05. The monoisotopic (exact) mass is 165 g/mol. The molecule has 0 aromatic heterocycles. The molecule has 0 bridgehead atoms. The Hall–Kier alpha value is -1.51. The maximum atomic E-state index is 5.25. The summed E-state index contributed by atoms with van der Waals surface area (Å²) in [5.41, 5.74) is 9.76. The van der Waals surface area contributed by atoms with Gasteiger partial charge in [0, 0.05) is 12.4 Å². The van der Waals surface area contributed by atoms with Gasteiger partial charge in [0.1, 0.15) is 0 Å². The Bertz CT molecular complexity index is 224. The quantitative estimate of drug-likeness (QED) is 0.377. The number of nitrogens with two attached hydrogens (primary N) is 1. The minimum absolute atomic E-state index is 0.690. The van der Waals surface area contributed by atoms with Gasteiger partial charge in [0.25, 0.3) is 0 Å². The molecular weight excluding hydrogens is 150 g/mol. The maximum absolute atomic E-state index is 5.25. The maximum Gasteiger partial charge on any atom is 0.0710 e. The van der Waals surface area contributed by atoms with Crippen LogP contribution >= 0.6 is 0 Å². The van der Waals surface area contributed by atoms with Crippen LogP contribution in [-0.2, 0) is 0 Å². The van der Waals surface area contributed by atoms with Gasteiger partial charge in [-0.05, 0) is 25.5 Å². The van der Waals surface area contributed by atoms with Gasteiger partial charge in [-0.15, -0.1) is 0 Å². The molecule has 0 aromatic rings. The van der Waals surface area contributed by atoms with Crippen molar-refractivity contribution in [1.82, 2.24) is 5.43 Å². The summed E-state index contributed by atoms with van der Waals surface area (Å²) in [6.45, 7) is 7.47. The predicted molar refractivity (Wildman–Crippen MR) is 53.5 cm³/mol. The zero-order chi connectivity index (χ0) is 9.40. The average Bonchev–Trinajstić information content (AvgIpc) is 2.12. The lowest BCUT2D eigenvalue weighted by Gasteiger charge is -1.97. The van der Waals surface area contributed by atoms with Crippen LogP contribution in [-0.4, -0.2) is 6.21 Å². The van der Waals surface area contributed by atoms with Gasteiger partial charge in [-0.1, -0.05) is 12.7 Å². The van der Waals surface area contributed by atoms with Gasteiger partial charge in [0.05, 0.1) is 5.70 Å². The van der Waals surface area contributed by atoms with E-state index >= 15 is 0 Å². The highest BCUT2D eigenvalue weighted by molar-refractivity contribution is 5.77. The highest BCUT2D eigenvalue weighted by Crippen LogP contribution is 1.88. The first-order valence-electron chi connectivity index (χ1n) is 3.71. The zero-order valence-electron chi connectivity index (χ0n) is 7.54. The largest absolute Gasteiger partial charge is 0.403 e. The van der Waals surface area contributed by atoms with Crippen molar-refractivity contribution in [3.63, 3.8) is 0 Å². The smallest absolute Gasteiger partial charge is 0.0710 e. The van der Waals surface area contributed by atoms with Crippen LogP contribution in [0.5, 0.6) is 0 Å². The van der Waals surface area contributed by atoms with Crippen LogP contribution in [0.2, 0.25) is 0 Å². The van der Waals surface area contributed by atoms with E-state index in [2.05, 4.69) is 17.1 Å². The van der Waals surface area contributed by atoms with Crippen molar-refractivity contribution in [2.45, 2.75) is 13.8 Å². The van der Waals surface area contributed by atoms with Gasteiger partial charge in [0.15, 0.2) is 0 Å². The molecule has 0 aliphatic rings. The lowest BCUT2D eigenvalue weighted by molar-refractivity contribution is 0.919. The van der Waals surface area contributed by atoms with Gasteiger partial charge in [-0.2, -0.15) is 5.10 Å². The van der Waals surface area contributed by atoms with Crippen molar-refractivity contribution in [3.8, 4) is 0 Å². The van der Waals surface area contributed by atoms with Gasteiger partial charge in [-0.25, -0.2) is 0 Å². The van der Waals surface area contributed by atoms with Crippen LogP contribution in [0, 0.1) is 0 Å². The van der Waals surface area contributed by atoms with Gasteiger partial charge in [-0.3, -0.25) is 5.43 Å². The second kappa shape index (κ2) is 6.22. The topological polar surface area (TPSA) is 50.4 Å². The van der Waals surface area contributed by atoms with Crippen molar-refractivity contribution < 1.29 is 0 Å². The molecule has 0 unspecified atom stereocenters. The number of hydrogen-bond donors (Lipinski definition) is 2. The number of rotatable bonds is 4. The molecule has 0 saturated carbocycles. The SMILES string of the molecule is C=C/C(=C\N)N/N=C/C(C)=C/C. The summed E-state index contributed by atoms with van der Waals surface area (Å²) in [6, 6.07) is 0. The third kappa shape index (κ3) is 4.33. The van der Waals surface area contributed by atoms with E-state index in [1.807, 2.05) is 19.9 Å². The Morgan fingerprint density at radius 3 is 2.67 bits per heavy atom. The Kier molecular flexibility index (Phi) is 5.43. The van der Waals surface area contributed by atoms with Crippen molar-refractivity contribution in [2.75, 3.05) is 0 Å². The summed E-state index contributed by atoms with van der Waals surface area (Å²) in [7, 11) is 0. The number of nitrogens with zero attached hydrogens (tertiary/aromatic N) is 1. The van der Waals surface area contributed by atoms with Crippen LogP contribution in [0.4, 0.5) is 0 Å². The van der Waals surface area contributed by atoms with E-state index in [9.17, 15) is 0 Å². The molecule has 3 nitrogen and oxygen atoms in total. The van der Waals surface area contributed by atoms with E-state index in [-0.39, 0.29) is 0 Å². The summed E-state index contributed by atoms with van der Waals surface area (Å²) >= 11 is 0. The Balaban J connectivity index is 3.98. The zero-order valence-corrected chi connectivity index (χ0v) is 7.54. The molecule has 0 heterocycles. The second-order valence-corrected chi connectivity index (χ2v) is 2.23. The standard InChI is InChI=1S/C9H15N3/c1-4-8(3)7-11-12-9(5-2)6-10/h4-7,12H,2,10H2,1,3H3/b8-4+,9-6+,11-7+. The number of nitrogens with one attached hydrogen (secondary N) is 1. The molecule has 0 aromatic carbocycles. The molecule has 3 N–H and O–H groups in total. The summed E-state index contributed by atoms with van der Waals surface area (Å²) < 4.78 is 0. The van der Waals surface area contributed by atoms with Crippen LogP contribution in [0.1, 0.15) is 13.8 Å². The van der Waals surface area contributed by atoms with E-state index in [0.29, 0.717) is 5.70 Å². The first-order chi connectivity index (χ1) is 5.74. The minimum Gasteiger partial charge on any atom is -0.403 e. The molecule has 0 aliphatic carbocycles. The Morgan fingerprint density at radius 1 is 1.58 bits per heavy atom. The van der Waals surface area contributed by atoms with Gasteiger partial charge < -0.3 is 5.73 Å². The van der Waals surface area contributed by atoms with Crippen LogP contribution in [0.15, 0.2) is 41.3 Å². The molecule has 0 saturated heterocycles. The molecule has 0 amide bonds. The molecule has 0 rings (SSSR count). The summed E-state index contributed by atoms with van der Waals surface area (Å²) in [5.74, 6) is 0. The van der Waals surface area contributed by atoms with Crippen molar-refractivity contribution in [2.24, 2.45) is 10.8 Å². The third-order valence-electron chi connectivity index (χ3n) is 1.32. The molecular formula is C9H15N3. The fourth-order valence-corrected chi connectivity index (χ4v) is 0.434. The fraction of sp³-hybridized carbons (Fsp3) is 0.222. The first kappa shape index (κ1) is 10.5. The molecule has 0 aliphatic heterocycles. The molecule has 0 atom stereocenters. The van der Waals surface area contributed by atoms with E-state index in [4.69, 9.17) is 5.73 Å². The molecule has 66 valence electrons. The van der Waals surface area contributed by atoms with Crippen LogP contribution < -0.4 is 11.2 Å². The summed E-state index contributed by atoms with van der Waals surface area (Å²) in [5, 5.41) is 3.92. The highest BCUT2D eigenvalue weighted by atomic mass is 15.3. The summed E-state index contributed by atoms with van der Waals surface area (Å²) in [4.78, 5) is 0. The Labute approximate surface area is 73.3 Å². The van der Waals surface area contributed by atoms with E-state index < -0.39 is 0 Å². The van der Waals surface area contributed by atoms with Crippen molar-refractivity contribution in [3.05, 3.63) is 36.2 Å². The Morgan fingerprint density at radius 2 is 2.25 bits per heavy atom. The van der Waals surface area contributed by atoms with Crippen molar-refractivity contribution in [1.29, 1.82) is 0 Å². The van der Waals surface area contributed by atoms with Crippen LogP contribution in [0.25, 0.3) is 0 Å². The lowest BCUT2D eigenvalue weighted by atomic mass is 10.3. The van der Waals surface area contributed by atoms with E-state index in [1.54, 1.807) is 12.3 Å². The molecule has 12 heavy (non-hydrogen) atoms. The highest BCUT2D eigenvalue weighted by Gasteiger charge is 1.83. The molecule has 0 spiro atoms. The second-order valence-electron chi connectivity index (χ2n) is 2.23. The third-order valence-corrected chi connectivity index (χ3v) is 1.32. The predicted octanol–water partition coefficient (Wildman–Crippen LogP) is 1.51. The average molecular weight is 165 g/mol.